The monoisotopic (exact) mass is 354 g/mol. The third kappa shape index (κ3) is 4.75. The topological polar surface area (TPSA) is 62.6 Å². The van der Waals surface area contributed by atoms with Crippen molar-refractivity contribution in [3.63, 3.8) is 0 Å². The summed E-state index contributed by atoms with van der Waals surface area (Å²) in [6, 6.07) is 13.8. The summed E-state index contributed by atoms with van der Waals surface area (Å²) in [6.45, 7) is 3.17. The van der Waals surface area contributed by atoms with E-state index >= 15 is 0 Å². The van der Waals surface area contributed by atoms with E-state index in [-0.39, 0.29) is 23.8 Å². The standard InChI is InChI=1S/C21H26N2O3/c1-16(11-12-17-7-3-2-4-8-17)22-20(24)18-9-5-13-23(15-18)21(25)19-10-6-14-26-19/h2-4,6-8,10,14,16,18H,5,9,11-13,15H2,1H3,(H,22,24)/t16-,18-/m1/s1. The Morgan fingerprint density at radius 1 is 1.23 bits per heavy atom. The molecule has 1 saturated heterocycles. The maximum absolute atomic E-state index is 12.6. The Labute approximate surface area is 154 Å². The van der Waals surface area contributed by atoms with E-state index in [0.717, 1.165) is 25.7 Å². The first-order valence-electron chi connectivity index (χ1n) is 9.30. The molecule has 1 aliphatic rings. The van der Waals surface area contributed by atoms with Crippen molar-refractivity contribution in [3.05, 3.63) is 60.1 Å². The van der Waals surface area contributed by atoms with Crippen LogP contribution in [0.2, 0.25) is 0 Å². The van der Waals surface area contributed by atoms with Crippen LogP contribution in [0.15, 0.2) is 53.1 Å². The normalized spacial score (nSPS) is 18.3. The van der Waals surface area contributed by atoms with Crippen molar-refractivity contribution < 1.29 is 14.0 Å². The van der Waals surface area contributed by atoms with Crippen LogP contribution in [0.1, 0.15) is 42.3 Å². The number of aryl methyl sites for hydroxylation is 1. The van der Waals surface area contributed by atoms with Crippen LogP contribution < -0.4 is 5.32 Å². The molecule has 1 aliphatic heterocycles. The van der Waals surface area contributed by atoms with E-state index in [0.29, 0.717) is 18.8 Å². The molecular weight excluding hydrogens is 328 g/mol. The van der Waals surface area contributed by atoms with Crippen molar-refractivity contribution >= 4 is 11.8 Å². The molecule has 0 radical (unpaired) electrons. The molecule has 1 aromatic carbocycles. The van der Waals surface area contributed by atoms with Gasteiger partial charge in [-0.25, -0.2) is 0 Å². The second-order valence-electron chi connectivity index (χ2n) is 7.00. The van der Waals surface area contributed by atoms with Gasteiger partial charge in [0.25, 0.3) is 5.91 Å². The molecule has 1 fully saturated rings. The van der Waals surface area contributed by atoms with Gasteiger partial charge in [0.15, 0.2) is 5.76 Å². The van der Waals surface area contributed by atoms with Crippen LogP contribution in [0.5, 0.6) is 0 Å². The number of hydrogen-bond acceptors (Lipinski definition) is 3. The molecule has 5 nitrogen and oxygen atoms in total. The van der Waals surface area contributed by atoms with Gasteiger partial charge in [-0.3, -0.25) is 9.59 Å². The molecule has 3 rings (SSSR count). The first-order valence-corrected chi connectivity index (χ1v) is 9.30. The number of carbonyl (C=O) groups excluding carboxylic acids is 2. The van der Waals surface area contributed by atoms with Crippen LogP contribution in [0.4, 0.5) is 0 Å². The van der Waals surface area contributed by atoms with Gasteiger partial charge in [-0.2, -0.15) is 0 Å². The van der Waals surface area contributed by atoms with E-state index in [1.165, 1.54) is 11.8 Å². The smallest absolute Gasteiger partial charge is 0.289 e. The fourth-order valence-electron chi connectivity index (χ4n) is 3.39. The molecular formula is C21H26N2O3. The van der Waals surface area contributed by atoms with Gasteiger partial charge >= 0.3 is 0 Å². The van der Waals surface area contributed by atoms with Gasteiger partial charge in [-0.05, 0) is 50.3 Å². The number of hydrogen-bond donors (Lipinski definition) is 1. The highest BCUT2D eigenvalue weighted by molar-refractivity contribution is 5.92. The summed E-state index contributed by atoms with van der Waals surface area (Å²) in [5.74, 6) is 0.0938. The van der Waals surface area contributed by atoms with Crippen LogP contribution in [-0.2, 0) is 11.2 Å². The molecule has 0 bridgehead atoms. The highest BCUT2D eigenvalue weighted by atomic mass is 16.3. The van der Waals surface area contributed by atoms with Crippen molar-refractivity contribution in [3.8, 4) is 0 Å². The Kier molecular flexibility index (Phi) is 6.10. The number of nitrogens with zero attached hydrogens (tertiary/aromatic N) is 1. The van der Waals surface area contributed by atoms with Gasteiger partial charge in [-0.15, -0.1) is 0 Å². The molecule has 1 N–H and O–H groups in total. The quantitative estimate of drug-likeness (QED) is 0.866. The molecule has 0 aliphatic carbocycles. The van der Waals surface area contributed by atoms with Crippen LogP contribution >= 0.6 is 0 Å². The molecule has 1 aromatic heterocycles. The van der Waals surface area contributed by atoms with E-state index in [4.69, 9.17) is 4.42 Å². The number of amides is 2. The minimum Gasteiger partial charge on any atom is -0.459 e. The third-order valence-corrected chi connectivity index (χ3v) is 4.91. The molecule has 138 valence electrons. The van der Waals surface area contributed by atoms with Gasteiger partial charge in [0, 0.05) is 19.1 Å². The highest BCUT2D eigenvalue weighted by Gasteiger charge is 2.30. The second kappa shape index (κ2) is 8.70. The molecule has 5 heteroatoms. The van der Waals surface area contributed by atoms with Gasteiger partial charge in [0.2, 0.25) is 5.91 Å². The Balaban J connectivity index is 1.48. The Bertz CT molecular complexity index is 712. The van der Waals surface area contributed by atoms with Crippen molar-refractivity contribution in [1.29, 1.82) is 0 Å². The molecule has 0 saturated carbocycles. The predicted octanol–water partition coefficient (Wildman–Crippen LogP) is 3.27. The van der Waals surface area contributed by atoms with E-state index in [1.807, 2.05) is 25.1 Å². The van der Waals surface area contributed by atoms with Crippen molar-refractivity contribution in [2.75, 3.05) is 13.1 Å². The Morgan fingerprint density at radius 3 is 2.77 bits per heavy atom. The lowest BCUT2D eigenvalue weighted by Crippen LogP contribution is -2.47. The van der Waals surface area contributed by atoms with E-state index in [1.54, 1.807) is 17.0 Å². The highest BCUT2D eigenvalue weighted by Crippen LogP contribution is 2.19. The summed E-state index contributed by atoms with van der Waals surface area (Å²) in [7, 11) is 0. The summed E-state index contributed by atoms with van der Waals surface area (Å²) in [4.78, 5) is 26.7. The van der Waals surface area contributed by atoms with Gasteiger partial charge in [0.05, 0.1) is 12.2 Å². The number of rotatable bonds is 6. The van der Waals surface area contributed by atoms with Crippen LogP contribution in [0, 0.1) is 5.92 Å². The number of nitrogens with one attached hydrogen (secondary N) is 1. The molecule has 26 heavy (non-hydrogen) atoms. The van der Waals surface area contributed by atoms with E-state index in [9.17, 15) is 9.59 Å². The van der Waals surface area contributed by atoms with Crippen molar-refractivity contribution in [2.24, 2.45) is 5.92 Å². The van der Waals surface area contributed by atoms with E-state index < -0.39 is 0 Å². The van der Waals surface area contributed by atoms with Crippen LogP contribution in [0.25, 0.3) is 0 Å². The fourth-order valence-corrected chi connectivity index (χ4v) is 3.39. The van der Waals surface area contributed by atoms with Crippen LogP contribution in [0.3, 0.4) is 0 Å². The lowest BCUT2D eigenvalue weighted by atomic mass is 9.96. The molecule has 0 unspecified atom stereocenters. The zero-order chi connectivity index (χ0) is 18.4. The van der Waals surface area contributed by atoms with Crippen LogP contribution in [-0.4, -0.2) is 35.8 Å². The summed E-state index contributed by atoms with van der Waals surface area (Å²) >= 11 is 0. The van der Waals surface area contributed by atoms with Gasteiger partial charge in [-0.1, -0.05) is 30.3 Å². The Morgan fingerprint density at radius 2 is 2.04 bits per heavy atom. The van der Waals surface area contributed by atoms with E-state index in [2.05, 4.69) is 17.4 Å². The predicted molar refractivity (Wildman–Crippen MR) is 99.7 cm³/mol. The average Bonchev–Trinajstić information content (AvgIpc) is 3.21. The summed E-state index contributed by atoms with van der Waals surface area (Å²) < 4.78 is 5.19. The summed E-state index contributed by atoms with van der Waals surface area (Å²) in [6.07, 6.45) is 4.99. The average molecular weight is 354 g/mol. The lowest BCUT2D eigenvalue weighted by Gasteiger charge is -2.32. The maximum atomic E-state index is 12.6. The SMILES string of the molecule is C[C@H](CCc1ccccc1)NC(=O)[C@@H]1CCCN(C(=O)c2ccco2)C1. The zero-order valence-corrected chi connectivity index (χ0v) is 15.2. The number of piperidine rings is 1. The molecule has 0 spiro atoms. The first kappa shape index (κ1) is 18.2. The van der Waals surface area contributed by atoms with Crippen molar-refractivity contribution in [1.82, 2.24) is 10.2 Å². The number of furan rings is 1. The molecule has 2 amide bonds. The molecule has 2 aromatic rings. The minimum atomic E-state index is -0.151. The second-order valence-corrected chi connectivity index (χ2v) is 7.00. The first-order chi connectivity index (χ1) is 12.6. The molecule has 2 atom stereocenters. The Hall–Kier alpha value is -2.56. The summed E-state index contributed by atoms with van der Waals surface area (Å²) in [5.41, 5.74) is 1.28. The number of benzene rings is 1. The van der Waals surface area contributed by atoms with Crippen molar-refractivity contribution in [2.45, 2.75) is 38.6 Å². The zero-order valence-electron chi connectivity index (χ0n) is 15.2. The van der Waals surface area contributed by atoms with Gasteiger partial charge < -0.3 is 14.6 Å². The summed E-state index contributed by atoms with van der Waals surface area (Å²) in [5, 5.41) is 3.11. The van der Waals surface area contributed by atoms with Gasteiger partial charge in [0.1, 0.15) is 0 Å². The molecule has 2 heterocycles. The minimum absolute atomic E-state index is 0.0440. The number of carbonyl (C=O) groups is 2. The largest absolute Gasteiger partial charge is 0.459 e. The maximum Gasteiger partial charge on any atom is 0.289 e. The fraction of sp³-hybridized carbons (Fsp3) is 0.429. The lowest BCUT2D eigenvalue weighted by molar-refractivity contribution is -0.127. The third-order valence-electron chi connectivity index (χ3n) is 4.91. The number of likely N-dealkylation sites (tertiary alicyclic amines) is 1.